The van der Waals surface area contributed by atoms with Gasteiger partial charge in [-0.2, -0.15) is 0 Å². The molecule has 1 saturated carbocycles. The van der Waals surface area contributed by atoms with Gasteiger partial charge in [-0.1, -0.05) is 6.42 Å². The van der Waals surface area contributed by atoms with Crippen molar-refractivity contribution in [2.24, 2.45) is 23.0 Å². The third-order valence-electron chi connectivity index (χ3n) is 5.45. The number of nitrogens with one attached hydrogen (secondary N) is 1. The summed E-state index contributed by atoms with van der Waals surface area (Å²) in [5.41, 5.74) is 5.80. The highest BCUT2D eigenvalue weighted by molar-refractivity contribution is 5.85. The number of hydrogen-bond acceptors (Lipinski definition) is 3. The summed E-state index contributed by atoms with van der Waals surface area (Å²) in [5.74, 6) is 0.917. The van der Waals surface area contributed by atoms with Crippen LogP contribution in [0.5, 0.6) is 0 Å². The highest BCUT2D eigenvalue weighted by Gasteiger charge is 2.44. The molecule has 2 saturated heterocycles. The maximum atomic E-state index is 12.8. The van der Waals surface area contributed by atoms with Crippen LogP contribution >= 0.6 is 12.4 Å². The molecule has 2 heterocycles. The minimum absolute atomic E-state index is 0. The fourth-order valence-corrected chi connectivity index (χ4v) is 4.31. The lowest BCUT2D eigenvalue weighted by molar-refractivity contribution is -0.140. The van der Waals surface area contributed by atoms with Crippen LogP contribution in [0.1, 0.15) is 38.5 Å². The van der Waals surface area contributed by atoms with Crippen LogP contribution in [0.3, 0.4) is 0 Å². The number of nitrogens with two attached hydrogens (primary N) is 1. The van der Waals surface area contributed by atoms with Crippen LogP contribution in [0.2, 0.25) is 0 Å². The van der Waals surface area contributed by atoms with E-state index in [1.807, 2.05) is 4.90 Å². The Balaban J connectivity index is 0.00000161. The molecule has 2 amide bonds. The molecule has 1 spiro atoms. The van der Waals surface area contributed by atoms with Crippen LogP contribution in [0.25, 0.3) is 0 Å². The van der Waals surface area contributed by atoms with Gasteiger partial charge >= 0.3 is 0 Å². The number of likely N-dealkylation sites (tertiary alicyclic amines) is 1. The second-order valence-electron chi connectivity index (χ2n) is 6.85. The number of carbonyl (C=O) groups is 2. The molecule has 2 aliphatic heterocycles. The first kappa shape index (κ1) is 16.6. The van der Waals surface area contributed by atoms with Crippen molar-refractivity contribution in [2.75, 3.05) is 26.2 Å². The zero-order valence-corrected chi connectivity index (χ0v) is 13.3. The number of halogens is 1. The van der Waals surface area contributed by atoms with Gasteiger partial charge in [0.05, 0.1) is 0 Å². The van der Waals surface area contributed by atoms with Crippen molar-refractivity contribution in [2.45, 2.75) is 38.5 Å². The maximum absolute atomic E-state index is 12.8. The first-order chi connectivity index (χ1) is 9.63. The van der Waals surface area contributed by atoms with E-state index in [1.165, 1.54) is 0 Å². The molecule has 1 aliphatic carbocycles. The number of carbonyl (C=O) groups excluding carboxylic acids is 2. The van der Waals surface area contributed by atoms with Gasteiger partial charge in [-0.25, -0.2) is 0 Å². The average Bonchev–Trinajstić information content (AvgIpc) is 3.05. The van der Waals surface area contributed by atoms with Crippen LogP contribution in [0.15, 0.2) is 0 Å². The molecule has 0 radical (unpaired) electrons. The number of amides is 2. The Kier molecular flexibility index (Phi) is 5.15. The van der Waals surface area contributed by atoms with Crippen molar-refractivity contribution in [3.05, 3.63) is 0 Å². The van der Waals surface area contributed by atoms with E-state index >= 15 is 0 Å². The van der Waals surface area contributed by atoms with E-state index in [4.69, 9.17) is 5.73 Å². The summed E-state index contributed by atoms with van der Waals surface area (Å²) in [7, 11) is 0. The van der Waals surface area contributed by atoms with Crippen LogP contribution in [0, 0.1) is 17.3 Å². The van der Waals surface area contributed by atoms with Gasteiger partial charge in [0.1, 0.15) is 0 Å². The summed E-state index contributed by atoms with van der Waals surface area (Å²) in [6.45, 7) is 2.96. The number of nitrogens with zero attached hydrogens (tertiary/aromatic N) is 1. The lowest BCUT2D eigenvalue weighted by Gasteiger charge is -2.40. The zero-order valence-electron chi connectivity index (χ0n) is 12.5. The van der Waals surface area contributed by atoms with E-state index < -0.39 is 0 Å². The third kappa shape index (κ3) is 3.19. The first-order valence-electron chi connectivity index (χ1n) is 7.89. The van der Waals surface area contributed by atoms with Gasteiger partial charge < -0.3 is 16.0 Å². The van der Waals surface area contributed by atoms with Crippen LogP contribution in [0.4, 0.5) is 0 Å². The Morgan fingerprint density at radius 3 is 2.86 bits per heavy atom. The normalized spacial score (nSPS) is 35.7. The predicted octanol–water partition coefficient (Wildman–Crippen LogP) is 0.912. The molecular weight excluding hydrogens is 290 g/mol. The van der Waals surface area contributed by atoms with Crippen molar-refractivity contribution < 1.29 is 9.59 Å². The lowest BCUT2D eigenvalue weighted by Crippen LogP contribution is -2.49. The Bertz CT molecular complexity index is 418. The molecule has 1 unspecified atom stereocenters. The summed E-state index contributed by atoms with van der Waals surface area (Å²) >= 11 is 0. The molecule has 120 valence electrons. The second-order valence-corrected chi connectivity index (χ2v) is 6.85. The highest BCUT2D eigenvalue weighted by atomic mass is 35.5. The average molecular weight is 316 g/mol. The van der Waals surface area contributed by atoms with Gasteiger partial charge in [0.25, 0.3) is 0 Å². The molecule has 0 aromatic heterocycles. The van der Waals surface area contributed by atoms with Gasteiger partial charge in [-0.3, -0.25) is 9.59 Å². The number of hydrogen-bond donors (Lipinski definition) is 2. The topological polar surface area (TPSA) is 75.4 Å². The number of piperidine rings is 1. The molecule has 3 aliphatic rings. The van der Waals surface area contributed by atoms with E-state index in [9.17, 15) is 9.59 Å². The van der Waals surface area contributed by atoms with Gasteiger partial charge in [0.2, 0.25) is 11.8 Å². The van der Waals surface area contributed by atoms with Gasteiger partial charge in [-0.15, -0.1) is 12.4 Å². The summed E-state index contributed by atoms with van der Waals surface area (Å²) in [4.78, 5) is 26.3. The minimum atomic E-state index is 0. The lowest BCUT2D eigenvalue weighted by atomic mass is 9.78. The molecule has 3 N–H and O–H groups in total. The molecule has 3 atom stereocenters. The Labute approximate surface area is 132 Å². The van der Waals surface area contributed by atoms with E-state index in [0.29, 0.717) is 18.9 Å². The van der Waals surface area contributed by atoms with Crippen molar-refractivity contribution >= 4 is 24.2 Å². The number of rotatable bonds is 2. The summed E-state index contributed by atoms with van der Waals surface area (Å²) < 4.78 is 0. The largest absolute Gasteiger partial charge is 0.355 e. The molecule has 5 nitrogen and oxygen atoms in total. The SMILES string of the molecule is Cl.NC[C@H]1CCC[C@H]1C(=O)N1CCCC2(CNC(=O)C2)C1. The molecule has 3 fully saturated rings. The summed E-state index contributed by atoms with van der Waals surface area (Å²) in [6, 6.07) is 0. The fourth-order valence-electron chi connectivity index (χ4n) is 4.31. The molecular formula is C15H26ClN3O2. The molecule has 21 heavy (non-hydrogen) atoms. The summed E-state index contributed by atoms with van der Waals surface area (Å²) in [5, 5.41) is 2.93. The van der Waals surface area contributed by atoms with Gasteiger partial charge in [-0.05, 0) is 38.1 Å². The van der Waals surface area contributed by atoms with Crippen LogP contribution in [-0.2, 0) is 9.59 Å². The van der Waals surface area contributed by atoms with E-state index in [0.717, 1.165) is 51.7 Å². The van der Waals surface area contributed by atoms with Crippen LogP contribution < -0.4 is 11.1 Å². The van der Waals surface area contributed by atoms with Crippen molar-refractivity contribution in [1.29, 1.82) is 0 Å². The standard InChI is InChI=1S/C15H25N3O2.ClH/c16-8-11-3-1-4-12(11)14(20)18-6-2-5-15(10-18)7-13(19)17-9-15;/h11-12H,1-10,16H2,(H,17,19);1H/t11-,12-,15?;/m1./s1. The first-order valence-corrected chi connectivity index (χ1v) is 7.89. The smallest absolute Gasteiger partial charge is 0.226 e. The Hall–Kier alpha value is -0.810. The van der Waals surface area contributed by atoms with Crippen molar-refractivity contribution in [3.63, 3.8) is 0 Å². The Morgan fingerprint density at radius 1 is 1.38 bits per heavy atom. The molecule has 0 aromatic rings. The zero-order chi connectivity index (χ0) is 14.2. The molecule has 0 aromatic carbocycles. The summed E-state index contributed by atoms with van der Waals surface area (Å²) in [6.07, 6.45) is 5.85. The molecule has 0 bridgehead atoms. The van der Waals surface area contributed by atoms with Crippen molar-refractivity contribution in [3.8, 4) is 0 Å². The van der Waals surface area contributed by atoms with E-state index in [2.05, 4.69) is 5.32 Å². The van der Waals surface area contributed by atoms with Gasteiger partial charge in [0.15, 0.2) is 0 Å². The molecule has 6 heteroatoms. The monoisotopic (exact) mass is 315 g/mol. The quantitative estimate of drug-likeness (QED) is 0.795. The van der Waals surface area contributed by atoms with E-state index in [1.54, 1.807) is 0 Å². The Morgan fingerprint density at radius 2 is 2.19 bits per heavy atom. The highest BCUT2D eigenvalue weighted by Crippen LogP contribution is 2.38. The second kappa shape index (κ2) is 6.53. The van der Waals surface area contributed by atoms with Crippen molar-refractivity contribution in [1.82, 2.24) is 10.2 Å². The van der Waals surface area contributed by atoms with Crippen LogP contribution in [-0.4, -0.2) is 42.9 Å². The predicted molar refractivity (Wildman–Crippen MR) is 83.0 cm³/mol. The molecule has 3 rings (SSSR count). The minimum Gasteiger partial charge on any atom is -0.355 e. The third-order valence-corrected chi connectivity index (χ3v) is 5.45. The van der Waals surface area contributed by atoms with Gasteiger partial charge in [0, 0.05) is 37.4 Å². The maximum Gasteiger partial charge on any atom is 0.226 e. The fraction of sp³-hybridized carbons (Fsp3) is 0.867. The van der Waals surface area contributed by atoms with E-state index in [-0.39, 0.29) is 35.6 Å².